The van der Waals surface area contributed by atoms with Crippen LogP contribution in [0.25, 0.3) is 0 Å². The van der Waals surface area contributed by atoms with E-state index in [4.69, 9.17) is 0 Å². The molecule has 0 saturated carbocycles. The summed E-state index contributed by atoms with van der Waals surface area (Å²) in [6, 6.07) is 0. The summed E-state index contributed by atoms with van der Waals surface area (Å²) in [4.78, 5) is 0. The van der Waals surface area contributed by atoms with Crippen LogP contribution < -0.4 is 10.9 Å². The van der Waals surface area contributed by atoms with Crippen molar-refractivity contribution in [2.75, 3.05) is 13.0 Å². The van der Waals surface area contributed by atoms with Crippen molar-refractivity contribution in [2.45, 2.75) is 6.92 Å². The average molecular weight is 99.9 g/mol. The van der Waals surface area contributed by atoms with E-state index < -0.39 is 0 Å². The molecule has 0 radical (unpaired) electrons. The van der Waals surface area contributed by atoms with Gasteiger partial charge in [0.05, 0.1) is 0 Å². The predicted molar refractivity (Wildman–Crippen MR) is 28.1 cm³/mol. The average Bonchev–Trinajstić information content (AvgIpc) is 1.69. The fraction of sp³-hybridized carbons (Fsp3) is 1.00. The van der Waals surface area contributed by atoms with Gasteiger partial charge >= 0.3 is 42.6 Å². The van der Waals surface area contributed by atoms with Crippen molar-refractivity contribution >= 4 is 7.15 Å². The van der Waals surface area contributed by atoms with Crippen LogP contribution in [0.2, 0.25) is 0 Å². The van der Waals surface area contributed by atoms with E-state index >= 15 is 0 Å². The number of nitrogens with one attached hydrogen (secondary N) is 2. The molecule has 0 aliphatic heterocycles. The molecule has 4 heteroatoms. The first-order valence-corrected chi connectivity index (χ1v) is 2.31. The van der Waals surface area contributed by atoms with Crippen molar-refractivity contribution in [3.63, 3.8) is 0 Å². The van der Waals surface area contributed by atoms with Gasteiger partial charge in [0.1, 0.15) is 0 Å². The van der Waals surface area contributed by atoms with Crippen LogP contribution >= 0.6 is 0 Å². The van der Waals surface area contributed by atoms with E-state index in [9.17, 15) is 4.70 Å². The van der Waals surface area contributed by atoms with Crippen LogP contribution in [0.3, 0.4) is 0 Å². The van der Waals surface area contributed by atoms with Gasteiger partial charge in [-0.2, -0.15) is 0 Å². The predicted octanol–water partition coefficient (Wildman–Crippen LogP) is -0.892. The molecule has 0 aliphatic rings. The molecule has 0 bridgehead atoms. The van der Waals surface area contributed by atoms with Crippen LogP contribution in [0.4, 0.5) is 0 Å². The van der Waals surface area contributed by atoms with E-state index in [0.29, 0.717) is 6.44 Å². The van der Waals surface area contributed by atoms with Crippen molar-refractivity contribution in [1.29, 1.82) is 0 Å². The van der Waals surface area contributed by atoms with Crippen LogP contribution in [0.15, 0.2) is 0 Å². The molecule has 3 nitrogen and oxygen atoms in total. The van der Waals surface area contributed by atoms with Gasteiger partial charge in [-0.25, -0.2) is 0 Å². The van der Waals surface area contributed by atoms with Crippen molar-refractivity contribution in [1.82, 2.24) is 10.9 Å². The van der Waals surface area contributed by atoms with Gasteiger partial charge in [-0.3, -0.25) is 0 Å². The second-order valence-corrected chi connectivity index (χ2v) is 1.08. The molecule has 0 amide bonds. The van der Waals surface area contributed by atoms with Gasteiger partial charge in [0.25, 0.3) is 0 Å². The first-order valence-electron chi connectivity index (χ1n) is 2.31. The van der Waals surface area contributed by atoms with Crippen LogP contribution in [-0.4, -0.2) is 20.1 Å². The Morgan fingerprint density at radius 3 is 2.71 bits per heavy atom. The molecular weight excluding hydrogens is 90.9 g/mol. The minimum atomic E-state index is 0.383. The molecule has 0 aromatic rings. The molecule has 0 aromatic carbocycles. The summed E-state index contributed by atoms with van der Waals surface area (Å²) in [6.07, 6.45) is 0.383. The Morgan fingerprint density at radius 1 is 1.57 bits per heavy atom. The normalized spacial score (nSPS) is 8.14. The van der Waals surface area contributed by atoms with Gasteiger partial charge in [-0.1, -0.05) is 0 Å². The van der Waals surface area contributed by atoms with E-state index in [1.54, 1.807) is 0 Å². The molecule has 40 valence electrons. The maximum atomic E-state index is 9.58. The Morgan fingerprint density at radius 2 is 2.29 bits per heavy atom. The van der Waals surface area contributed by atoms with Gasteiger partial charge in [-0.05, 0) is 0 Å². The summed E-state index contributed by atoms with van der Waals surface area (Å²) >= 11 is 0. The van der Waals surface area contributed by atoms with Crippen LogP contribution in [0.5, 0.6) is 0 Å². The van der Waals surface area contributed by atoms with Crippen molar-refractivity contribution < 1.29 is 4.70 Å². The topological polar surface area (TPSA) is 41.1 Å². The zero-order valence-corrected chi connectivity index (χ0v) is 4.40. The number of hydrazine groups is 1. The number of rotatable bonds is 4. The molecule has 2 N–H and O–H groups in total. The summed E-state index contributed by atoms with van der Waals surface area (Å²) in [7, 11) is 0.808. The van der Waals surface area contributed by atoms with Crippen molar-refractivity contribution in [2.24, 2.45) is 0 Å². The summed E-state index contributed by atoms with van der Waals surface area (Å²) in [5.74, 6) is 0. The maximum absolute atomic E-state index is 9.58. The third-order valence-electron chi connectivity index (χ3n) is 0.487. The van der Waals surface area contributed by atoms with Gasteiger partial charge in [0.15, 0.2) is 0 Å². The van der Waals surface area contributed by atoms with E-state index in [1.807, 2.05) is 6.92 Å². The van der Waals surface area contributed by atoms with Crippen LogP contribution in [0, 0.1) is 0 Å². The van der Waals surface area contributed by atoms with Gasteiger partial charge in [0, 0.05) is 0 Å². The second kappa shape index (κ2) is 5.78. The first kappa shape index (κ1) is 6.78. The van der Waals surface area contributed by atoms with Crippen LogP contribution in [-0.2, 0) is 4.70 Å². The van der Waals surface area contributed by atoms with E-state index in [2.05, 4.69) is 10.9 Å². The van der Waals surface area contributed by atoms with Gasteiger partial charge in [0.2, 0.25) is 0 Å². The Kier molecular flexibility index (Phi) is 5.61. The number of hydrogen-bond donors (Lipinski definition) is 2. The van der Waals surface area contributed by atoms with Gasteiger partial charge < -0.3 is 0 Å². The Bertz CT molecular complexity index is 50.2. The van der Waals surface area contributed by atoms with Crippen molar-refractivity contribution in [3.8, 4) is 0 Å². The van der Waals surface area contributed by atoms with E-state index in [-0.39, 0.29) is 0 Å². The fourth-order valence-electron chi connectivity index (χ4n) is 0.239. The van der Waals surface area contributed by atoms with E-state index in [1.165, 1.54) is 0 Å². The first-order chi connectivity index (χ1) is 3.41. The van der Waals surface area contributed by atoms with Crippen molar-refractivity contribution in [3.05, 3.63) is 0 Å². The minimum absolute atomic E-state index is 0.383. The van der Waals surface area contributed by atoms with Gasteiger partial charge in [-0.15, -0.1) is 0 Å². The Labute approximate surface area is 43.7 Å². The third kappa shape index (κ3) is 5.78. The summed E-state index contributed by atoms with van der Waals surface area (Å²) in [5.41, 5.74) is 5.43. The summed E-state index contributed by atoms with van der Waals surface area (Å²) in [5, 5.41) is 0. The molecular formula is C3H9BN2O. The zero-order valence-electron chi connectivity index (χ0n) is 4.40. The monoisotopic (exact) mass is 100 g/mol. The Hall–Kier alpha value is -0.215. The number of hydrogen-bond acceptors (Lipinski definition) is 3. The van der Waals surface area contributed by atoms with Crippen LogP contribution in [0.1, 0.15) is 6.92 Å². The Balaban J connectivity index is 2.56. The molecule has 0 unspecified atom stereocenters. The quantitative estimate of drug-likeness (QED) is 0.273. The standard InChI is InChI=1S/C3H9BN2O/c1-2-5-6-3-4-7/h5-6H,2-3H2,1H3. The molecule has 0 fully saturated rings. The fourth-order valence-corrected chi connectivity index (χ4v) is 0.239. The SMILES string of the molecule is CCNNCB=O. The molecule has 0 spiro atoms. The summed E-state index contributed by atoms with van der Waals surface area (Å²) in [6.45, 7) is 2.80. The molecule has 0 rings (SSSR count). The third-order valence-corrected chi connectivity index (χ3v) is 0.487. The second-order valence-electron chi connectivity index (χ2n) is 1.08. The zero-order chi connectivity index (χ0) is 5.54. The molecule has 0 saturated heterocycles. The molecule has 7 heavy (non-hydrogen) atoms. The molecule has 0 atom stereocenters. The molecule has 0 aromatic heterocycles. The summed E-state index contributed by atoms with van der Waals surface area (Å²) < 4.78 is 9.58. The van der Waals surface area contributed by atoms with E-state index in [0.717, 1.165) is 13.7 Å². The molecule has 0 aliphatic carbocycles. The molecule has 0 heterocycles.